The summed E-state index contributed by atoms with van der Waals surface area (Å²) in [7, 11) is 2.22. The molecule has 0 aromatic carbocycles. The monoisotopic (exact) mass is 262 g/mol. The van der Waals surface area contributed by atoms with Crippen molar-refractivity contribution in [3.05, 3.63) is 21.9 Å². The van der Waals surface area contributed by atoms with Gasteiger partial charge in [-0.05, 0) is 37.3 Å². The van der Waals surface area contributed by atoms with E-state index in [0.29, 0.717) is 6.54 Å². The van der Waals surface area contributed by atoms with Gasteiger partial charge in [0.05, 0.1) is 6.54 Å². The molecule has 18 heavy (non-hydrogen) atoms. The third kappa shape index (κ3) is 3.84. The predicted molar refractivity (Wildman–Crippen MR) is 78.5 cm³/mol. The van der Waals surface area contributed by atoms with Gasteiger partial charge in [0.25, 0.3) is 0 Å². The molecular formula is C15H22N2S. The number of thiophene rings is 1. The van der Waals surface area contributed by atoms with Gasteiger partial charge in [-0.2, -0.15) is 0 Å². The highest BCUT2D eigenvalue weighted by molar-refractivity contribution is 7.10. The van der Waals surface area contributed by atoms with Gasteiger partial charge in [-0.3, -0.25) is 0 Å². The van der Waals surface area contributed by atoms with E-state index in [4.69, 9.17) is 5.73 Å². The Hall–Kier alpha value is -0.820. The second-order valence-electron chi connectivity index (χ2n) is 5.11. The Balaban J connectivity index is 1.89. The zero-order valence-corrected chi connectivity index (χ0v) is 11.9. The van der Waals surface area contributed by atoms with E-state index >= 15 is 0 Å². The van der Waals surface area contributed by atoms with Gasteiger partial charge in [0.2, 0.25) is 0 Å². The topological polar surface area (TPSA) is 29.3 Å². The van der Waals surface area contributed by atoms with E-state index in [1.54, 1.807) is 11.3 Å². The number of nitrogens with two attached hydrogens (primary N) is 1. The van der Waals surface area contributed by atoms with E-state index in [1.165, 1.54) is 37.1 Å². The maximum absolute atomic E-state index is 5.42. The Labute approximate surface area is 114 Å². The molecule has 1 heterocycles. The molecule has 2 N–H and O–H groups in total. The maximum atomic E-state index is 5.42. The Morgan fingerprint density at radius 1 is 1.44 bits per heavy atom. The van der Waals surface area contributed by atoms with Gasteiger partial charge in [0, 0.05) is 23.5 Å². The zero-order valence-electron chi connectivity index (χ0n) is 11.1. The highest BCUT2D eigenvalue weighted by atomic mass is 32.1. The van der Waals surface area contributed by atoms with Gasteiger partial charge in [-0.25, -0.2) is 0 Å². The van der Waals surface area contributed by atoms with Crippen LogP contribution in [-0.2, 0) is 6.54 Å². The highest BCUT2D eigenvalue weighted by Crippen LogP contribution is 2.26. The van der Waals surface area contributed by atoms with Gasteiger partial charge in [0.15, 0.2) is 0 Å². The predicted octanol–water partition coefficient (Wildman–Crippen LogP) is 2.68. The second-order valence-corrected chi connectivity index (χ2v) is 6.11. The summed E-state index contributed by atoms with van der Waals surface area (Å²) in [6.07, 6.45) is 5.67. The van der Waals surface area contributed by atoms with Crippen LogP contribution >= 0.6 is 11.3 Å². The van der Waals surface area contributed by atoms with Gasteiger partial charge in [0.1, 0.15) is 0 Å². The minimum absolute atomic E-state index is 0.438. The lowest BCUT2D eigenvalue weighted by molar-refractivity contribution is 0.273. The molecule has 1 fully saturated rings. The average Bonchev–Trinajstić information content (AvgIpc) is 2.98. The molecule has 3 heteroatoms. The van der Waals surface area contributed by atoms with Crippen LogP contribution in [-0.4, -0.2) is 25.0 Å². The summed E-state index contributed by atoms with van der Waals surface area (Å²) in [6, 6.07) is 2.10. The molecule has 98 valence electrons. The molecule has 1 aromatic heterocycles. The van der Waals surface area contributed by atoms with Crippen LogP contribution in [0, 0.1) is 17.8 Å². The van der Waals surface area contributed by atoms with Gasteiger partial charge >= 0.3 is 0 Å². The fourth-order valence-electron chi connectivity index (χ4n) is 2.66. The second kappa shape index (κ2) is 6.94. The van der Waals surface area contributed by atoms with Crippen molar-refractivity contribution in [2.45, 2.75) is 32.2 Å². The Kier molecular flexibility index (Phi) is 5.25. The summed E-state index contributed by atoms with van der Waals surface area (Å²) in [5, 5.41) is 2.12. The first-order valence-electron chi connectivity index (χ1n) is 6.73. The van der Waals surface area contributed by atoms with Crippen molar-refractivity contribution in [3.8, 4) is 11.8 Å². The van der Waals surface area contributed by atoms with Gasteiger partial charge in [-0.1, -0.05) is 24.7 Å². The number of rotatable bonds is 4. The molecule has 2 rings (SSSR count). The smallest absolute Gasteiger partial charge is 0.0555 e. The van der Waals surface area contributed by atoms with Crippen LogP contribution in [0.3, 0.4) is 0 Å². The first-order chi connectivity index (χ1) is 8.79. The molecule has 0 saturated heterocycles. The van der Waals surface area contributed by atoms with Crippen molar-refractivity contribution in [3.63, 3.8) is 0 Å². The molecule has 0 aliphatic heterocycles. The quantitative estimate of drug-likeness (QED) is 0.845. The molecule has 2 nitrogen and oxygen atoms in total. The summed E-state index contributed by atoms with van der Waals surface area (Å²) in [6.45, 7) is 2.68. The number of nitrogens with zero attached hydrogens (tertiary/aromatic N) is 1. The van der Waals surface area contributed by atoms with Crippen molar-refractivity contribution in [1.82, 2.24) is 4.90 Å². The van der Waals surface area contributed by atoms with Crippen molar-refractivity contribution in [2.24, 2.45) is 11.7 Å². The fraction of sp³-hybridized carbons (Fsp3) is 0.600. The minimum atomic E-state index is 0.438. The molecule has 0 amide bonds. The van der Waals surface area contributed by atoms with Crippen molar-refractivity contribution >= 4 is 11.3 Å². The van der Waals surface area contributed by atoms with E-state index in [0.717, 1.165) is 18.0 Å². The fourth-order valence-corrected chi connectivity index (χ4v) is 3.57. The number of hydrogen-bond donors (Lipinski definition) is 1. The molecule has 0 bridgehead atoms. The SMILES string of the molecule is CN(Cc1sccc1C#CCN)CC1CCCC1. The van der Waals surface area contributed by atoms with Crippen LogP contribution in [0.15, 0.2) is 11.4 Å². The minimum Gasteiger partial charge on any atom is -0.320 e. The molecular weight excluding hydrogens is 240 g/mol. The third-order valence-electron chi connectivity index (χ3n) is 3.53. The largest absolute Gasteiger partial charge is 0.320 e. The van der Waals surface area contributed by atoms with Crippen molar-refractivity contribution in [1.29, 1.82) is 0 Å². The first kappa shape index (κ1) is 13.6. The average molecular weight is 262 g/mol. The number of hydrogen-bond acceptors (Lipinski definition) is 3. The lowest BCUT2D eigenvalue weighted by Gasteiger charge is -2.20. The highest BCUT2D eigenvalue weighted by Gasteiger charge is 2.17. The van der Waals surface area contributed by atoms with Crippen molar-refractivity contribution in [2.75, 3.05) is 20.1 Å². The molecule has 0 atom stereocenters. The summed E-state index contributed by atoms with van der Waals surface area (Å²) >= 11 is 1.80. The van der Waals surface area contributed by atoms with E-state index in [-0.39, 0.29) is 0 Å². The molecule has 1 aliphatic carbocycles. The Morgan fingerprint density at radius 3 is 2.94 bits per heavy atom. The summed E-state index contributed by atoms with van der Waals surface area (Å²) in [4.78, 5) is 3.81. The maximum Gasteiger partial charge on any atom is 0.0555 e. The molecule has 1 aliphatic rings. The van der Waals surface area contributed by atoms with E-state index in [1.807, 2.05) is 0 Å². The normalized spacial score (nSPS) is 15.9. The van der Waals surface area contributed by atoms with Crippen LogP contribution in [0.1, 0.15) is 36.1 Å². The van der Waals surface area contributed by atoms with Crippen LogP contribution in [0.4, 0.5) is 0 Å². The third-order valence-corrected chi connectivity index (χ3v) is 4.43. The molecule has 0 unspecified atom stereocenters. The molecule has 1 saturated carbocycles. The van der Waals surface area contributed by atoms with E-state index in [9.17, 15) is 0 Å². The molecule has 0 spiro atoms. The lowest BCUT2D eigenvalue weighted by atomic mass is 10.1. The van der Waals surface area contributed by atoms with Gasteiger partial charge in [-0.15, -0.1) is 11.3 Å². The summed E-state index contributed by atoms with van der Waals surface area (Å²) in [5.74, 6) is 7.01. The van der Waals surface area contributed by atoms with Crippen LogP contribution in [0.5, 0.6) is 0 Å². The van der Waals surface area contributed by atoms with Crippen molar-refractivity contribution < 1.29 is 0 Å². The van der Waals surface area contributed by atoms with Crippen LogP contribution in [0.25, 0.3) is 0 Å². The Morgan fingerprint density at radius 2 is 2.22 bits per heavy atom. The zero-order chi connectivity index (χ0) is 12.8. The standard InChI is InChI=1S/C15H22N2S/c1-17(11-13-5-2-3-6-13)12-15-14(7-4-9-16)8-10-18-15/h8,10,13H,2-3,5-6,9,11-12,16H2,1H3. The molecule has 0 radical (unpaired) electrons. The lowest BCUT2D eigenvalue weighted by Crippen LogP contribution is -2.23. The summed E-state index contributed by atoms with van der Waals surface area (Å²) in [5.41, 5.74) is 6.58. The van der Waals surface area contributed by atoms with E-state index in [2.05, 4.69) is 35.2 Å². The first-order valence-corrected chi connectivity index (χ1v) is 7.61. The summed E-state index contributed by atoms with van der Waals surface area (Å²) < 4.78 is 0. The van der Waals surface area contributed by atoms with Crippen LogP contribution in [0.2, 0.25) is 0 Å². The van der Waals surface area contributed by atoms with Crippen LogP contribution < -0.4 is 5.73 Å². The van der Waals surface area contributed by atoms with E-state index < -0.39 is 0 Å². The van der Waals surface area contributed by atoms with Gasteiger partial charge < -0.3 is 10.6 Å². The Bertz CT molecular complexity index is 421. The molecule has 1 aromatic rings.